The Kier molecular flexibility index (Phi) is 6.61. The van der Waals surface area contributed by atoms with Gasteiger partial charge in [-0.1, -0.05) is 36.4 Å². The lowest BCUT2D eigenvalue weighted by Crippen LogP contribution is -2.22. The minimum Gasteiger partial charge on any atom is -0.501 e. The lowest BCUT2D eigenvalue weighted by atomic mass is 9.85. The standard InChI is InChI=1S/C28H25F2N3O3/c1-36-19-9-10-20-18(15-19)8-12-23-25(20)33-26(27(35)17-5-3-2-4-6-17)28(31-23)32-24(34)14-16-7-11-21(29)22(30)13-16/h2-7,11,13,15,27,35H,8-10,12,14H2,1H3,(H,31,32,34). The molecule has 2 aliphatic rings. The number of rotatable bonds is 6. The molecule has 0 spiro atoms. The Morgan fingerprint density at radius 2 is 1.86 bits per heavy atom. The number of aryl methyl sites for hydroxylation is 1. The van der Waals surface area contributed by atoms with Crippen molar-refractivity contribution >= 4 is 17.3 Å². The van der Waals surface area contributed by atoms with Crippen LogP contribution in [0.3, 0.4) is 0 Å². The average molecular weight is 490 g/mol. The highest BCUT2D eigenvalue weighted by Gasteiger charge is 2.28. The largest absolute Gasteiger partial charge is 0.501 e. The van der Waals surface area contributed by atoms with Crippen LogP contribution in [0.15, 0.2) is 65.9 Å². The van der Waals surface area contributed by atoms with Crippen molar-refractivity contribution in [2.75, 3.05) is 12.4 Å². The van der Waals surface area contributed by atoms with Crippen molar-refractivity contribution in [3.63, 3.8) is 0 Å². The van der Waals surface area contributed by atoms with Crippen LogP contribution in [0.5, 0.6) is 0 Å². The van der Waals surface area contributed by atoms with Crippen LogP contribution in [0.25, 0.3) is 5.57 Å². The molecule has 1 amide bonds. The van der Waals surface area contributed by atoms with Gasteiger partial charge in [0.15, 0.2) is 17.5 Å². The van der Waals surface area contributed by atoms with Gasteiger partial charge in [0.25, 0.3) is 0 Å². The first-order chi connectivity index (χ1) is 17.4. The molecule has 0 bridgehead atoms. The Labute approximate surface area is 207 Å². The SMILES string of the molecule is COC1=CC2=C(CC1)c1nc(C(O)c3ccccc3)c(NC(=O)Cc3ccc(F)c(F)c3)nc1CC2. The summed E-state index contributed by atoms with van der Waals surface area (Å²) in [5.41, 5.74) is 4.86. The van der Waals surface area contributed by atoms with Gasteiger partial charge in [0.05, 0.1) is 30.7 Å². The fraction of sp³-hybridized carbons (Fsp3) is 0.250. The predicted molar refractivity (Wildman–Crippen MR) is 131 cm³/mol. The number of halogens is 2. The van der Waals surface area contributed by atoms with E-state index in [9.17, 15) is 18.7 Å². The van der Waals surface area contributed by atoms with E-state index >= 15 is 0 Å². The second-order valence-electron chi connectivity index (χ2n) is 8.86. The third kappa shape index (κ3) is 4.77. The van der Waals surface area contributed by atoms with E-state index in [1.54, 1.807) is 19.2 Å². The van der Waals surface area contributed by atoms with Crippen LogP contribution in [0.2, 0.25) is 0 Å². The molecule has 36 heavy (non-hydrogen) atoms. The number of hydrogen-bond acceptors (Lipinski definition) is 5. The number of allylic oxidation sites excluding steroid dienone is 4. The van der Waals surface area contributed by atoms with Gasteiger partial charge >= 0.3 is 0 Å². The van der Waals surface area contributed by atoms with Crippen molar-refractivity contribution in [1.82, 2.24) is 9.97 Å². The number of aliphatic hydroxyl groups excluding tert-OH is 1. The molecule has 0 radical (unpaired) electrons. The summed E-state index contributed by atoms with van der Waals surface area (Å²) in [4.78, 5) is 22.4. The molecule has 2 aromatic carbocycles. The van der Waals surface area contributed by atoms with Crippen LogP contribution in [0.1, 0.15) is 53.6 Å². The Morgan fingerprint density at radius 1 is 1.06 bits per heavy atom. The summed E-state index contributed by atoms with van der Waals surface area (Å²) in [6, 6.07) is 12.4. The molecule has 1 atom stereocenters. The molecule has 0 saturated heterocycles. The number of ether oxygens (including phenoxy) is 1. The molecule has 0 aliphatic heterocycles. The van der Waals surface area contributed by atoms with E-state index in [1.807, 2.05) is 24.3 Å². The average Bonchev–Trinajstić information content (AvgIpc) is 2.90. The van der Waals surface area contributed by atoms with E-state index in [0.717, 1.165) is 59.7 Å². The number of benzene rings is 2. The number of hydrogen-bond donors (Lipinski definition) is 2. The molecule has 0 saturated carbocycles. The second-order valence-corrected chi connectivity index (χ2v) is 8.86. The number of anilines is 1. The Morgan fingerprint density at radius 3 is 2.61 bits per heavy atom. The van der Waals surface area contributed by atoms with Crippen LogP contribution >= 0.6 is 0 Å². The van der Waals surface area contributed by atoms with Crippen LogP contribution in [-0.2, 0) is 22.4 Å². The maximum Gasteiger partial charge on any atom is 0.229 e. The van der Waals surface area contributed by atoms with Gasteiger partial charge in [-0.25, -0.2) is 18.7 Å². The van der Waals surface area contributed by atoms with E-state index < -0.39 is 23.6 Å². The van der Waals surface area contributed by atoms with Crippen molar-refractivity contribution in [2.24, 2.45) is 0 Å². The molecule has 184 valence electrons. The summed E-state index contributed by atoms with van der Waals surface area (Å²) >= 11 is 0. The third-order valence-corrected chi connectivity index (χ3v) is 6.50. The first-order valence-corrected chi connectivity index (χ1v) is 11.8. The molecule has 5 rings (SSSR count). The topological polar surface area (TPSA) is 84.3 Å². The Bertz CT molecular complexity index is 1390. The zero-order valence-corrected chi connectivity index (χ0v) is 19.7. The number of nitrogens with one attached hydrogen (secondary N) is 1. The van der Waals surface area contributed by atoms with Crippen molar-refractivity contribution in [3.8, 4) is 0 Å². The highest BCUT2D eigenvalue weighted by Crippen LogP contribution is 2.39. The minimum absolute atomic E-state index is 0.158. The van der Waals surface area contributed by atoms with E-state index in [0.29, 0.717) is 17.5 Å². The number of carbonyl (C=O) groups excluding carboxylic acids is 1. The van der Waals surface area contributed by atoms with Gasteiger partial charge in [0, 0.05) is 6.42 Å². The number of nitrogens with zero attached hydrogens (tertiary/aromatic N) is 2. The summed E-state index contributed by atoms with van der Waals surface area (Å²) in [6.07, 6.45) is 3.64. The zero-order chi connectivity index (χ0) is 25.2. The monoisotopic (exact) mass is 489 g/mol. The molecule has 1 unspecified atom stereocenters. The molecule has 8 heteroatoms. The normalized spacial score (nSPS) is 15.5. The smallest absolute Gasteiger partial charge is 0.229 e. The fourth-order valence-electron chi connectivity index (χ4n) is 4.66. The Hall–Kier alpha value is -3.91. The molecule has 2 aliphatic carbocycles. The molecule has 3 aromatic rings. The highest BCUT2D eigenvalue weighted by molar-refractivity contribution is 5.92. The molecule has 1 heterocycles. The number of methoxy groups -OCH3 is 1. The quantitative estimate of drug-likeness (QED) is 0.507. The van der Waals surface area contributed by atoms with E-state index in [4.69, 9.17) is 14.7 Å². The zero-order valence-electron chi connectivity index (χ0n) is 19.7. The van der Waals surface area contributed by atoms with Gasteiger partial charge in [-0.3, -0.25) is 4.79 Å². The summed E-state index contributed by atoms with van der Waals surface area (Å²) in [5, 5.41) is 14.0. The molecule has 2 N–H and O–H groups in total. The molecular formula is C28H25F2N3O3. The van der Waals surface area contributed by atoms with Crippen LogP contribution in [0, 0.1) is 11.6 Å². The van der Waals surface area contributed by atoms with Crippen molar-refractivity contribution in [2.45, 2.75) is 38.2 Å². The maximum atomic E-state index is 13.6. The maximum absolute atomic E-state index is 13.6. The van der Waals surface area contributed by atoms with E-state index in [-0.39, 0.29) is 17.9 Å². The number of aliphatic hydroxyl groups is 1. The summed E-state index contributed by atoms with van der Waals surface area (Å²) < 4.78 is 32.3. The van der Waals surface area contributed by atoms with Crippen molar-refractivity contribution in [1.29, 1.82) is 0 Å². The number of carbonyl (C=O) groups is 1. The van der Waals surface area contributed by atoms with Gasteiger partial charge < -0.3 is 15.2 Å². The Balaban J connectivity index is 1.52. The number of fused-ring (bicyclic) bond motifs is 2. The van der Waals surface area contributed by atoms with Gasteiger partial charge in [0.2, 0.25) is 5.91 Å². The molecule has 1 aromatic heterocycles. The highest BCUT2D eigenvalue weighted by atomic mass is 19.2. The summed E-state index contributed by atoms with van der Waals surface area (Å²) in [7, 11) is 1.66. The van der Waals surface area contributed by atoms with Gasteiger partial charge in [-0.15, -0.1) is 0 Å². The molecule has 6 nitrogen and oxygen atoms in total. The molecular weight excluding hydrogens is 464 g/mol. The first-order valence-electron chi connectivity index (χ1n) is 11.8. The fourth-order valence-corrected chi connectivity index (χ4v) is 4.66. The second kappa shape index (κ2) is 9.99. The van der Waals surface area contributed by atoms with Crippen molar-refractivity contribution in [3.05, 3.63) is 106 Å². The predicted octanol–water partition coefficient (Wildman–Crippen LogP) is 5.04. The lowest BCUT2D eigenvalue weighted by Gasteiger charge is -2.27. The number of amides is 1. The lowest BCUT2D eigenvalue weighted by molar-refractivity contribution is -0.115. The summed E-state index contributed by atoms with van der Waals surface area (Å²) in [5.74, 6) is -1.38. The third-order valence-electron chi connectivity index (χ3n) is 6.50. The van der Waals surface area contributed by atoms with Crippen LogP contribution in [0.4, 0.5) is 14.6 Å². The van der Waals surface area contributed by atoms with Crippen LogP contribution < -0.4 is 5.32 Å². The van der Waals surface area contributed by atoms with Gasteiger partial charge in [0.1, 0.15) is 11.8 Å². The van der Waals surface area contributed by atoms with E-state index in [2.05, 4.69) is 5.32 Å². The van der Waals surface area contributed by atoms with E-state index in [1.165, 1.54) is 6.07 Å². The van der Waals surface area contributed by atoms with Gasteiger partial charge in [-0.2, -0.15) is 0 Å². The number of aromatic nitrogens is 2. The molecule has 0 fully saturated rings. The van der Waals surface area contributed by atoms with Gasteiger partial charge in [-0.05, 0) is 59.7 Å². The first kappa shape index (κ1) is 23.8. The van der Waals surface area contributed by atoms with Crippen molar-refractivity contribution < 1.29 is 23.4 Å². The van der Waals surface area contributed by atoms with Crippen LogP contribution in [-0.4, -0.2) is 28.1 Å². The minimum atomic E-state index is -1.12. The summed E-state index contributed by atoms with van der Waals surface area (Å²) in [6.45, 7) is 0.